The molecule has 0 aliphatic heterocycles. The first-order valence-electron chi connectivity index (χ1n) is 3.32. The SMILES string of the molecule is Cc1ncoc1C(=O)NS(C)(=O)=O. The van der Waals surface area contributed by atoms with E-state index in [1.165, 1.54) is 0 Å². The number of hydrogen-bond donors (Lipinski definition) is 1. The van der Waals surface area contributed by atoms with Gasteiger partial charge in [-0.25, -0.2) is 18.1 Å². The smallest absolute Gasteiger partial charge is 0.302 e. The summed E-state index contributed by atoms with van der Waals surface area (Å²) in [5.41, 5.74) is 0.348. The highest BCUT2D eigenvalue weighted by Crippen LogP contribution is 2.04. The van der Waals surface area contributed by atoms with E-state index >= 15 is 0 Å². The zero-order valence-electron chi connectivity index (χ0n) is 7.07. The van der Waals surface area contributed by atoms with Crippen LogP contribution in [0.4, 0.5) is 0 Å². The van der Waals surface area contributed by atoms with Crippen molar-refractivity contribution in [1.29, 1.82) is 0 Å². The predicted octanol–water partition coefficient (Wildman–Crippen LogP) is -0.328. The van der Waals surface area contributed by atoms with Gasteiger partial charge in [0.15, 0.2) is 6.39 Å². The summed E-state index contributed by atoms with van der Waals surface area (Å²) in [6, 6.07) is 0. The van der Waals surface area contributed by atoms with Crippen molar-refractivity contribution in [3.63, 3.8) is 0 Å². The van der Waals surface area contributed by atoms with Gasteiger partial charge in [0.1, 0.15) is 0 Å². The molecule has 0 atom stereocenters. The van der Waals surface area contributed by atoms with Crippen molar-refractivity contribution in [2.75, 3.05) is 6.26 Å². The first kappa shape index (κ1) is 9.72. The molecule has 0 aliphatic carbocycles. The maximum atomic E-state index is 11.1. The third kappa shape index (κ3) is 2.55. The Morgan fingerprint density at radius 1 is 1.62 bits per heavy atom. The van der Waals surface area contributed by atoms with Gasteiger partial charge in [0, 0.05) is 0 Å². The van der Waals surface area contributed by atoms with Crippen molar-refractivity contribution in [2.45, 2.75) is 6.92 Å². The van der Waals surface area contributed by atoms with Crippen LogP contribution < -0.4 is 4.72 Å². The Balaban J connectivity index is 2.88. The topological polar surface area (TPSA) is 89.3 Å². The molecule has 0 saturated heterocycles. The quantitative estimate of drug-likeness (QED) is 0.712. The summed E-state index contributed by atoms with van der Waals surface area (Å²) in [4.78, 5) is 14.8. The Kier molecular flexibility index (Phi) is 2.37. The molecule has 0 radical (unpaired) electrons. The summed E-state index contributed by atoms with van der Waals surface area (Å²) >= 11 is 0. The number of rotatable bonds is 2. The number of amides is 1. The molecule has 6 nitrogen and oxygen atoms in total. The second kappa shape index (κ2) is 3.17. The normalized spacial score (nSPS) is 11.2. The van der Waals surface area contributed by atoms with E-state index in [1.54, 1.807) is 11.6 Å². The van der Waals surface area contributed by atoms with Gasteiger partial charge >= 0.3 is 5.91 Å². The molecule has 1 aromatic rings. The second-order valence-corrected chi connectivity index (χ2v) is 4.22. The van der Waals surface area contributed by atoms with Crippen molar-refractivity contribution < 1.29 is 17.6 Å². The van der Waals surface area contributed by atoms with Crippen LogP contribution in [0.2, 0.25) is 0 Å². The maximum Gasteiger partial charge on any atom is 0.302 e. The lowest BCUT2D eigenvalue weighted by Gasteiger charge is -1.98. The van der Waals surface area contributed by atoms with Crippen LogP contribution in [0.5, 0.6) is 0 Å². The molecule has 1 amide bonds. The van der Waals surface area contributed by atoms with E-state index < -0.39 is 15.9 Å². The number of nitrogens with one attached hydrogen (secondary N) is 1. The summed E-state index contributed by atoms with van der Waals surface area (Å²) < 4.78 is 27.8. The molecule has 0 saturated carbocycles. The largest absolute Gasteiger partial charge is 0.438 e. The van der Waals surface area contributed by atoms with E-state index in [2.05, 4.69) is 9.40 Å². The van der Waals surface area contributed by atoms with Crippen LogP contribution in [-0.4, -0.2) is 25.6 Å². The molecule has 0 fully saturated rings. The third-order valence-electron chi connectivity index (χ3n) is 1.23. The Labute approximate surface area is 75.0 Å². The number of oxazole rings is 1. The van der Waals surface area contributed by atoms with Gasteiger partial charge in [-0.3, -0.25) is 4.79 Å². The number of aryl methyl sites for hydroxylation is 1. The fourth-order valence-corrected chi connectivity index (χ4v) is 1.16. The fourth-order valence-electron chi connectivity index (χ4n) is 0.735. The van der Waals surface area contributed by atoms with Crippen LogP contribution in [0.15, 0.2) is 10.8 Å². The van der Waals surface area contributed by atoms with Gasteiger partial charge in [-0.15, -0.1) is 0 Å². The number of aromatic nitrogens is 1. The highest BCUT2D eigenvalue weighted by Gasteiger charge is 2.16. The number of carbonyl (C=O) groups is 1. The molecule has 0 bridgehead atoms. The fraction of sp³-hybridized carbons (Fsp3) is 0.333. The third-order valence-corrected chi connectivity index (χ3v) is 1.79. The molecule has 0 aliphatic rings. The van der Waals surface area contributed by atoms with Crippen molar-refractivity contribution in [1.82, 2.24) is 9.71 Å². The molecule has 1 rings (SSSR count). The van der Waals surface area contributed by atoms with E-state index in [4.69, 9.17) is 0 Å². The molecule has 1 N–H and O–H groups in total. The molecule has 72 valence electrons. The van der Waals surface area contributed by atoms with Gasteiger partial charge in [0.05, 0.1) is 11.9 Å². The Bertz CT molecular complexity index is 420. The van der Waals surface area contributed by atoms with E-state index in [9.17, 15) is 13.2 Å². The molecule has 7 heteroatoms. The average Bonchev–Trinajstić information content (AvgIpc) is 2.30. The Morgan fingerprint density at radius 2 is 2.23 bits per heavy atom. The highest BCUT2D eigenvalue weighted by molar-refractivity contribution is 7.89. The van der Waals surface area contributed by atoms with Crippen molar-refractivity contribution in [3.8, 4) is 0 Å². The number of sulfonamides is 1. The second-order valence-electron chi connectivity index (χ2n) is 2.47. The van der Waals surface area contributed by atoms with Crippen LogP contribution in [0.25, 0.3) is 0 Å². The summed E-state index contributed by atoms with van der Waals surface area (Å²) in [5, 5.41) is 0. The van der Waals surface area contributed by atoms with Crippen molar-refractivity contribution in [3.05, 3.63) is 17.8 Å². The van der Waals surface area contributed by atoms with E-state index in [1.807, 2.05) is 0 Å². The average molecular weight is 204 g/mol. The lowest BCUT2D eigenvalue weighted by Crippen LogP contribution is -2.29. The van der Waals surface area contributed by atoms with E-state index in [0.717, 1.165) is 12.6 Å². The van der Waals surface area contributed by atoms with Gasteiger partial charge in [-0.1, -0.05) is 0 Å². The van der Waals surface area contributed by atoms with E-state index in [0.29, 0.717) is 5.69 Å². The van der Waals surface area contributed by atoms with Gasteiger partial charge < -0.3 is 4.42 Å². The van der Waals surface area contributed by atoms with Gasteiger partial charge in [-0.05, 0) is 6.92 Å². The molecular weight excluding hydrogens is 196 g/mol. The summed E-state index contributed by atoms with van der Waals surface area (Å²) in [6.07, 6.45) is 1.96. The van der Waals surface area contributed by atoms with Gasteiger partial charge in [0.25, 0.3) is 0 Å². The first-order valence-corrected chi connectivity index (χ1v) is 5.21. The predicted molar refractivity (Wildman–Crippen MR) is 43.6 cm³/mol. The zero-order chi connectivity index (χ0) is 10.1. The standard InChI is InChI=1S/C6H8N2O4S/c1-4-5(12-3-7-4)6(9)8-13(2,10)11/h3H,1-2H3,(H,8,9). The van der Waals surface area contributed by atoms with Crippen LogP contribution >= 0.6 is 0 Å². The van der Waals surface area contributed by atoms with Crippen LogP contribution in [0.1, 0.15) is 16.2 Å². The van der Waals surface area contributed by atoms with Gasteiger partial charge in [-0.2, -0.15) is 0 Å². The summed E-state index contributed by atoms with van der Waals surface area (Å²) in [7, 11) is -3.55. The minimum absolute atomic E-state index is 0.0922. The number of nitrogens with zero attached hydrogens (tertiary/aromatic N) is 1. The molecule has 0 unspecified atom stereocenters. The number of carbonyl (C=O) groups excluding carboxylic acids is 1. The first-order chi connectivity index (χ1) is 5.90. The minimum Gasteiger partial charge on any atom is -0.438 e. The lowest BCUT2D eigenvalue weighted by atomic mass is 10.4. The monoisotopic (exact) mass is 204 g/mol. The molecule has 1 heterocycles. The van der Waals surface area contributed by atoms with E-state index in [-0.39, 0.29) is 5.76 Å². The number of hydrogen-bond acceptors (Lipinski definition) is 5. The molecular formula is C6H8N2O4S. The van der Waals surface area contributed by atoms with Crippen LogP contribution in [0.3, 0.4) is 0 Å². The summed E-state index contributed by atoms with van der Waals surface area (Å²) in [5.74, 6) is -0.900. The van der Waals surface area contributed by atoms with Gasteiger partial charge in [0.2, 0.25) is 15.8 Å². The highest BCUT2D eigenvalue weighted by atomic mass is 32.2. The molecule has 0 spiro atoms. The molecule has 1 aromatic heterocycles. The Hall–Kier alpha value is -1.37. The molecule has 13 heavy (non-hydrogen) atoms. The van der Waals surface area contributed by atoms with Crippen LogP contribution in [0, 0.1) is 6.92 Å². The minimum atomic E-state index is -3.55. The lowest BCUT2D eigenvalue weighted by molar-refractivity contribution is 0.0954. The maximum absolute atomic E-state index is 11.1. The molecule has 0 aromatic carbocycles. The van der Waals surface area contributed by atoms with Crippen molar-refractivity contribution in [2.24, 2.45) is 0 Å². The van der Waals surface area contributed by atoms with Crippen LogP contribution in [-0.2, 0) is 10.0 Å². The zero-order valence-corrected chi connectivity index (χ0v) is 7.88. The summed E-state index contributed by atoms with van der Waals surface area (Å²) in [6.45, 7) is 1.54. The Morgan fingerprint density at radius 3 is 2.62 bits per heavy atom. The van der Waals surface area contributed by atoms with Crippen molar-refractivity contribution >= 4 is 15.9 Å².